The summed E-state index contributed by atoms with van der Waals surface area (Å²) in [6.45, 7) is 4.05. The molecular weight excluding hydrogens is 332 g/mol. The van der Waals surface area contributed by atoms with Crippen molar-refractivity contribution in [2.75, 3.05) is 0 Å². The predicted molar refractivity (Wildman–Crippen MR) is 86.8 cm³/mol. The number of carboxylic acid groups (broad SMARTS) is 1. The Morgan fingerprint density at radius 2 is 1.76 bits per heavy atom. The van der Waals surface area contributed by atoms with E-state index < -0.39 is 5.97 Å². The molecule has 2 aromatic carbocycles. The van der Waals surface area contributed by atoms with Gasteiger partial charge in [0.15, 0.2) is 0 Å². The van der Waals surface area contributed by atoms with Gasteiger partial charge in [-0.15, -0.1) is 0 Å². The second kappa shape index (κ2) is 6.59. The normalized spacial score (nSPS) is 10.8. The third-order valence-electron chi connectivity index (χ3n) is 2.81. The average molecular weight is 347 g/mol. The van der Waals surface area contributed by atoms with Gasteiger partial charge in [0.25, 0.3) is 0 Å². The van der Waals surface area contributed by atoms with Crippen LogP contribution in [0.3, 0.4) is 0 Å². The highest BCUT2D eigenvalue weighted by atomic mass is 79.9. The molecule has 1 N–H and O–H groups in total. The lowest BCUT2D eigenvalue weighted by molar-refractivity contribution is -0.131. The molecule has 2 rings (SSSR count). The first-order chi connectivity index (χ1) is 9.94. The molecule has 0 fully saturated rings. The van der Waals surface area contributed by atoms with E-state index in [-0.39, 0.29) is 0 Å². The smallest absolute Gasteiger partial charge is 0.328 e. The van der Waals surface area contributed by atoms with Gasteiger partial charge in [0.2, 0.25) is 0 Å². The SMILES string of the molecule is Cc1cc(C)cc(Oc2ccc(/C=C/C(=O)O)c(Br)c2)c1. The number of aryl methyl sites for hydroxylation is 2. The van der Waals surface area contributed by atoms with Crippen LogP contribution in [0.15, 0.2) is 46.9 Å². The van der Waals surface area contributed by atoms with Crippen molar-refractivity contribution in [3.05, 3.63) is 63.6 Å². The quantitative estimate of drug-likeness (QED) is 0.796. The summed E-state index contributed by atoms with van der Waals surface area (Å²) in [6.07, 6.45) is 2.64. The van der Waals surface area contributed by atoms with Gasteiger partial charge in [0.1, 0.15) is 11.5 Å². The standard InChI is InChI=1S/C17H15BrO3/c1-11-7-12(2)9-15(8-11)21-14-5-3-13(16(18)10-14)4-6-17(19)20/h3-10H,1-2H3,(H,19,20)/b6-4+. The summed E-state index contributed by atoms with van der Waals surface area (Å²) in [6, 6.07) is 11.5. The molecule has 2 aromatic rings. The van der Waals surface area contributed by atoms with Crippen LogP contribution in [-0.4, -0.2) is 11.1 Å². The maximum atomic E-state index is 10.5. The van der Waals surface area contributed by atoms with Gasteiger partial charge < -0.3 is 9.84 Å². The van der Waals surface area contributed by atoms with E-state index in [1.165, 1.54) is 6.08 Å². The summed E-state index contributed by atoms with van der Waals surface area (Å²) < 4.78 is 6.61. The molecule has 0 aliphatic carbocycles. The molecule has 0 saturated heterocycles. The van der Waals surface area contributed by atoms with Gasteiger partial charge in [-0.1, -0.05) is 28.1 Å². The van der Waals surface area contributed by atoms with E-state index in [1.54, 1.807) is 0 Å². The molecule has 0 aliphatic heterocycles. The topological polar surface area (TPSA) is 46.5 Å². The van der Waals surface area contributed by atoms with E-state index in [1.807, 2.05) is 44.2 Å². The average Bonchev–Trinajstić information content (AvgIpc) is 2.36. The van der Waals surface area contributed by atoms with Crippen molar-refractivity contribution in [2.45, 2.75) is 13.8 Å². The molecule has 21 heavy (non-hydrogen) atoms. The van der Waals surface area contributed by atoms with Crippen molar-refractivity contribution < 1.29 is 14.6 Å². The first-order valence-corrected chi connectivity index (χ1v) is 7.20. The fraction of sp³-hybridized carbons (Fsp3) is 0.118. The Morgan fingerprint density at radius 3 is 2.33 bits per heavy atom. The van der Waals surface area contributed by atoms with Crippen molar-refractivity contribution in [3.63, 3.8) is 0 Å². The molecule has 0 amide bonds. The lowest BCUT2D eigenvalue weighted by atomic mass is 10.1. The van der Waals surface area contributed by atoms with Crippen LogP contribution in [0, 0.1) is 13.8 Å². The first kappa shape index (κ1) is 15.3. The minimum absolute atomic E-state index is 0.694. The van der Waals surface area contributed by atoms with Crippen LogP contribution in [0.1, 0.15) is 16.7 Å². The van der Waals surface area contributed by atoms with Crippen LogP contribution in [0.4, 0.5) is 0 Å². The van der Waals surface area contributed by atoms with E-state index in [2.05, 4.69) is 22.0 Å². The summed E-state index contributed by atoms with van der Waals surface area (Å²) in [7, 11) is 0. The number of rotatable bonds is 4. The van der Waals surface area contributed by atoms with Crippen molar-refractivity contribution >= 4 is 28.0 Å². The monoisotopic (exact) mass is 346 g/mol. The molecule has 0 aromatic heterocycles. The third-order valence-corrected chi connectivity index (χ3v) is 3.50. The number of benzene rings is 2. The van der Waals surface area contributed by atoms with Gasteiger partial charge in [0.05, 0.1) is 0 Å². The fourth-order valence-electron chi connectivity index (χ4n) is 2.00. The number of ether oxygens (including phenoxy) is 1. The molecule has 0 atom stereocenters. The highest BCUT2D eigenvalue weighted by Gasteiger charge is 2.03. The zero-order valence-electron chi connectivity index (χ0n) is 11.8. The molecule has 0 aliphatic rings. The Balaban J connectivity index is 2.22. The Labute approximate surface area is 132 Å². The predicted octanol–water partition coefficient (Wildman–Crippen LogP) is 4.96. The second-order valence-corrected chi connectivity index (χ2v) is 5.63. The minimum Gasteiger partial charge on any atom is -0.478 e. The molecule has 3 nitrogen and oxygen atoms in total. The number of carbonyl (C=O) groups is 1. The summed E-state index contributed by atoms with van der Waals surface area (Å²) in [5.74, 6) is 0.505. The zero-order chi connectivity index (χ0) is 15.4. The van der Waals surface area contributed by atoms with Crippen molar-refractivity contribution in [1.29, 1.82) is 0 Å². The van der Waals surface area contributed by atoms with Crippen LogP contribution in [0.5, 0.6) is 11.5 Å². The highest BCUT2D eigenvalue weighted by molar-refractivity contribution is 9.10. The summed E-state index contributed by atoms with van der Waals surface area (Å²) in [5, 5.41) is 8.64. The maximum absolute atomic E-state index is 10.5. The van der Waals surface area contributed by atoms with Gasteiger partial charge in [0, 0.05) is 10.5 Å². The van der Waals surface area contributed by atoms with Gasteiger partial charge in [-0.2, -0.15) is 0 Å². The van der Waals surface area contributed by atoms with Crippen LogP contribution < -0.4 is 4.74 Å². The number of hydrogen-bond donors (Lipinski definition) is 1. The molecule has 0 unspecified atom stereocenters. The zero-order valence-corrected chi connectivity index (χ0v) is 13.3. The molecule has 4 heteroatoms. The lowest BCUT2D eigenvalue weighted by Gasteiger charge is -2.09. The lowest BCUT2D eigenvalue weighted by Crippen LogP contribution is -1.89. The number of carboxylic acids is 1. The maximum Gasteiger partial charge on any atom is 0.328 e. The largest absolute Gasteiger partial charge is 0.478 e. The van der Waals surface area contributed by atoms with E-state index >= 15 is 0 Å². The van der Waals surface area contributed by atoms with E-state index in [0.717, 1.165) is 33.0 Å². The molecule has 108 valence electrons. The molecule has 0 spiro atoms. The van der Waals surface area contributed by atoms with Crippen molar-refractivity contribution in [2.24, 2.45) is 0 Å². The van der Waals surface area contributed by atoms with E-state index in [4.69, 9.17) is 9.84 Å². The van der Waals surface area contributed by atoms with Gasteiger partial charge in [-0.3, -0.25) is 0 Å². The van der Waals surface area contributed by atoms with Crippen LogP contribution in [0.2, 0.25) is 0 Å². The molecule has 0 bridgehead atoms. The Bertz CT molecular complexity index is 685. The van der Waals surface area contributed by atoms with Crippen molar-refractivity contribution in [1.82, 2.24) is 0 Å². The third kappa shape index (κ3) is 4.46. The number of halogens is 1. The number of aliphatic carboxylic acids is 1. The Morgan fingerprint density at radius 1 is 1.10 bits per heavy atom. The van der Waals surface area contributed by atoms with Crippen LogP contribution in [0.25, 0.3) is 6.08 Å². The van der Waals surface area contributed by atoms with Gasteiger partial charge in [-0.05, 0) is 60.9 Å². The molecule has 0 heterocycles. The second-order valence-electron chi connectivity index (χ2n) is 4.78. The fourth-order valence-corrected chi connectivity index (χ4v) is 2.49. The van der Waals surface area contributed by atoms with Crippen LogP contribution in [-0.2, 0) is 4.79 Å². The first-order valence-electron chi connectivity index (χ1n) is 6.41. The Kier molecular flexibility index (Phi) is 4.81. The molecular formula is C17H15BrO3. The molecule has 0 radical (unpaired) electrons. The van der Waals surface area contributed by atoms with Crippen molar-refractivity contribution in [3.8, 4) is 11.5 Å². The van der Waals surface area contributed by atoms with Gasteiger partial charge in [-0.25, -0.2) is 4.79 Å². The summed E-state index contributed by atoms with van der Waals surface area (Å²) in [5.41, 5.74) is 3.07. The highest BCUT2D eigenvalue weighted by Crippen LogP contribution is 2.28. The molecule has 0 saturated carbocycles. The number of hydrogen-bond acceptors (Lipinski definition) is 2. The summed E-state index contributed by atoms with van der Waals surface area (Å²) >= 11 is 3.42. The van der Waals surface area contributed by atoms with E-state index in [0.29, 0.717) is 5.75 Å². The van der Waals surface area contributed by atoms with E-state index in [9.17, 15) is 4.79 Å². The minimum atomic E-state index is -0.975. The summed E-state index contributed by atoms with van der Waals surface area (Å²) in [4.78, 5) is 10.5. The van der Waals surface area contributed by atoms with Crippen LogP contribution >= 0.6 is 15.9 Å². The Hall–Kier alpha value is -2.07. The van der Waals surface area contributed by atoms with Gasteiger partial charge >= 0.3 is 5.97 Å².